The van der Waals surface area contributed by atoms with Crippen molar-refractivity contribution in [2.24, 2.45) is 0 Å². The summed E-state index contributed by atoms with van der Waals surface area (Å²) in [5.41, 5.74) is 3.48. The molecule has 0 aliphatic carbocycles. The van der Waals surface area contributed by atoms with Crippen molar-refractivity contribution < 1.29 is 8.42 Å². The molecule has 1 aromatic carbocycles. The first-order valence-electron chi connectivity index (χ1n) is 11.0. The fourth-order valence-electron chi connectivity index (χ4n) is 4.29. The largest absolute Gasteiger partial charge is 0.269 e. The zero-order valence-electron chi connectivity index (χ0n) is 18.9. The molecule has 4 heterocycles. The van der Waals surface area contributed by atoms with Gasteiger partial charge in [0.05, 0.1) is 41.3 Å². The van der Waals surface area contributed by atoms with E-state index in [1.807, 2.05) is 41.3 Å². The Labute approximate surface area is 207 Å². The normalized spacial score (nSPS) is 15.2. The van der Waals surface area contributed by atoms with Crippen LogP contribution in [0.4, 0.5) is 0 Å². The van der Waals surface area contributed by atoms with E-state index in [1.165, 1.54) is 22.3 Å². The Hall–Kier alpha value is -3.64. The Balaban J connectivity index is 1.49. The van der Waals surface area contributed by atoms with Crippen LogP contribution in [-0.4, -0.2) is 51.5 Å². The summed E-state index contributed by atoms with van der Waals surface area (Å²) in [4.78, 5) is 1.61. The first-order valence-corrected chi connectivity index (χ1v) is 13.6. The highest BCUT2D eigenvalue weighted by Gasteiger charge is 2.26. The van der Waals surface area contributed by atoms with Crippen LogP contribution in [0.5, 0.6) is 0 Å². The first kappa shape index (κ1) is 23.1. The van der Waals surface area contributed by atoms with Crippen LogP contribution in [0.3, 0.4) is 0 Å². The summed E-state index contributed by atoms with van der Waals surface area (Å²) >= 11 is 1.42. The fraction of sp³-hybridized carbons (Fsp3) is 0.250. The smallest absolute Gasteiger partial charge is 0.211 e. The fourth-order valence-corrected chi connectivity index (χ4v) is 6.26. The van der Waals surface area contributed by atoms with Crippen LogP contribution in [0.15, 0.2) is 64.9 Å². The molecule has 0 unspecified atom stereocenters. The van der Waals surface area contributed by atoms with E-state index in [1.54, 1.807) is 23.0 Å². The lowest BCUT2D eigenvalue weighted by molar-refractivity contribution is 0.262. The quantitative estimate of drug-likeness (QED) is 0.407. The van der Waals surface area contributed by atoms with Crippen LogP contribution in [0.25, 0.3) is 16.6 Å². The van der Waals surface area contributed by atoms with Crippen LogP contribution in [-0.2, 0) is 10.0 Å². The predicted molar refractivity (Wildman–Crippen MR) is 131 cm³/mol. The van der Waals surface area contributed by atoms with E-state index in [2.05, 4.69) is 22.3 Å². The van der Waals surface area contributed by atoms with Gasteiger partial charge in [0.15, 0.2) is 0 Å². The molecule has 3 aromatic heterocycles. The summed E-state index contributed by atoms with van der Waals surface area (Å²) in [6, 6.07) is 13.9. The van der Waals surface area contributed by atoms with Gasteiger partial charge in [-0.05, 0) is 31.0 Å². The van der Waals surface area contributed by atoms with E-state index >= 15 is 0 Å². The van der Waals surface area contributed by atoms with Gasteiger partial charge in [-0.15, -0.1) is 0 Å². The van der Waals surface area contributed by atoms with Crippen molar-refractivity contribution in [3.8, 4) is 23.3 Å². The van der Waals surface area contributed by atoms with Gasteiger partial charge in [0.25, 0.3) is 0 Å². The minimum Gasteiger partial charge on any atom is -0.269 e. The van der Waals surface area contributed by atoms with Crippen molar-refractivity contribution in [1.82, 2.24) is 23.7 Å². The summed E-state index contributed by atoms with van der Waals surface area (Å²) in [6.07, 6.45) is 9.80. The zero-order chi connectivity index (χ0) is 24.6. The van der Waals surface area contributed by atoms with Crippen LogP contribution in [0.2, 0.25) is 0 Å². The molecule has 0 bridgehead atoms. The minimum absolute atomic E-state index is 0.122. The number of nitrogens with zero attached hydrogens (tertiary/aromatic N) is 7. The van der Waals surface area contributed by atoms with Crippen molar-refractivity contribution in [3.63, 3.8) is 0 Å². The molecule has 0 saturated carbocycles. The third-order valence-corrected chi connectivity index (χ3v) is 8.54. The molecule has 5 rings (SSSR count). The van der Waals surface area contributed by atoms with Gasteiger partial charge in [0.1, 0.15) is 12.1 Å². The number of nitriles is 2. The number of pyridine rings is 1. The average molecular weight is 504 g/mol. The zero-order valence-corrected chi connectivity index (χ0v) is 20.5. The van der Waals surface area contributed by atoms with E-state index in [4.69, 9.17) is 0 Å². The Morgan fingerprint density at radius 3 is 2.43 bits per heavy atom. The lowest BCUT2D eigenvalue weighted by Crippen LogP contribution is -2.38. The third-order valence-electron chi connectivity index (χ3n) is 6.13. The molecule has 35 heavy (non-hydrogen) atoms. The SMILES string of the molecule is CS(=O)(=O)N1CCC(n2cc(-c3cc(Sc4ccccc4C#N)c4c(C#N)cnn4c3)cn2)CC1. The molecule has 0 spiro atoms. The van der Waals surface area contributed by atoms with Crippen molar-refractivity contribution in [1.29, 1.82) is 10.5 Å². The molecule has 0 radical (unpaired) electrons. The maximum atomic E-state index is 11.8. The molecule has 1 aliphatic heterocycles. The van der Waals surface area contributed by atoms with E-state index in [-0.39, 0.29) is 6.04 Å². The molecule has 1 aliphatic rings. The molecule has 1 saturated heterocycles. The highest BCUT2D eigenvalue weighted by Crippen LogP contribution is 2.37. The summed E-state index contributed by atoms with van der Waals surface area (Å²) in [7, 11) is -3.18. The summed E-state index contributed by atoms with van der Waals surface area (Å²) in [5, 5.41) is 28.0. The molecule has 11 heteroatoms. The van der Waals surface area contributed by atoms with Crippen molar-refractivity contribution >= 4 is 27.3 Å². The lowest BCUT2D eigenvalue weighted by atomic mass is 10.1. The summed E-state index contributed by atoms with van der Waals surface area (Å²) < 4.78 is 28.7. The second kappa shape index (κ2) is 9.19. The van der Waals surface area contributed by atoms with E-state index in [0.717, 1.165) is 20.9 Å². The first-order chi connectivity index (χ1) is 16.9. The van der Waals surface area contributed by atoms with E-state index < -0.39 is 10.0 Å². The van der Waals surface area contributed by atoms with Gasteiger partial charge in [0.2, 0.25) is 10.0 Å². The lowest BCUT2D eigenvalue weighted by Gasteiger charge is -2.30. The number of fused-ring (bicyclic) bond motifs is 1. The maximum Gasteiger partial charge on any atom is 0.211 e. The van der Waals surface area contributed by atoms with Crippen LogP contribution < -0.4 is 0 Å². The molecule has 176 valence electrons. The highest BCUT2D eigenvalue weighted by molar-refractivity contribution is 7.99. The number of hydrogen-bond acceptors (Lipinski definition) is 7. The van der Waals surface area contributed by atoms with Crippen molar-refractivity contribution in [3.05, 3.63) is 66.2 Å². The number of piperidine rings is 1. The number of aromatic nitrogens is 4. The van der Waals surface area contributed by atoms with Gasteiger partial charge >= 0.3 is 0 Å². The Kier molecular flexibility index (Phi) is 6.07. The minimum atomic E-state index is -3.18. The van der Waals surface area contributed by atoms with Gasteiger partial charge < -0.3 is 0 Å². The molecule has 0 atom stereocenters. The van der Waals surface area contributed by atoms with Crippen LogP contribution in [0, 0.1) is 22.7 Å². The molecule has 0 N–H and O–H groups in total. The topological polar surface area (TPSA) is 120 Å². The molecule has 0 amide bonds. The number of rotatable bonds is 5. The molecule has 9 nitrogen and oxygen atoms in total. The monoisotopic (exact) mass is 503 g/mol. The summed E-state index contributed by atoms with van der Waals surface area (Å²) in [6.45, 7) is 0.960. The van der Waals surface area contributed by atoms with Crippen molar-refractivity contribution in [2.75, 3.05) is 19.3 Å². The Morgan fingerprint density at radius 1 is 0.971 bits per heavy atom. The second-order valence-electron chi connectivity index (χ2n) is 8.37. The molecular weight excluding hydrogens is 482 g/mol. The van der Waals surface area contributed by atoms with Gasteiger partial charge in [-0.25, -0.2) is 17.2 Å². The van der Waals surface area contributed by atoms with Gasteiger partial charge in [-0.2, -0.15) is 20.7 Å². The average Bonchev–Trinajstić information content (AvgIpc) is 3.51. The molecular formula is C24H21N7O2S2. The summed E-state index contributed by atoms with van der Waals surface area (Å²) in [5.74, 6) is 0. The molecule has 1 fully saturated rings. The van der Waals surface area contributed by atoms with Crippen LogP contribution in [0.1, 0.15) is 30.0 Å². The second-order valence-corrected chi connectivity index (χ2v) is 11.4. The Morgan fingerprint density at radius 2 is 1.71 bits per heavy atom. The van der Waals surface area contributed by atoms with E-state index in [0.29, 0.717) is 42.6 Å². The van der Waals surface area contributed by atoms with Crippen LogP contribution >= 0.6 is 11.8 Å². The predicted octanol–water partition coefficient (Wildman–Crippen LogP) is 3.69. The van der Waals surface area contributed by atoms with Gasteiger partial charge in [-0.1, -0.05) is 23.9 Å². The van der Waals surface area contributed by atoms with E-state index in [9.17, 15) is 18.9 Å². The van der Waals surface area contributed by atoms with Gasteiger partial charge in [0, 0.05) is 46.4 Å². The number of sulfonamides is 1. The third kappa shape index (κ3) is 4.54. The number of benzene rings is 1. The van der Waals surface area contributed by atoms with Crippen molar-refractivity contribution in [2.45, 2.75) is 28.7 Å². The molecule has 4 aromatic rings. The van der Waals surface area contributed by atoms with Gasteiger partial charge in [-0.3, -0.25) is 4.68 Å². The Bertz CT molecular complexity index is 1600. The number of hydrogen-bond donors (Lipinski definition) is 0. The standard InChI is InChI=1S/C24H21N7O2S2/c1-35(32,33)29-8-6-21(7-9-29)30-16-20(14-27-30)18-10-23(24-19(12-26)13-28-31(24)15-18)34-22-5-3-2-4-17(22)11-25/h2-5,10,13-16,21H,6-9H2,1H3. The highest BCUT2D eigenvalue weighted by atomic mass is 32.2. The maximum absolute atomic E-state index is 11.8.